The van der Waals surface area contributed by atoms with E-state index in [4.69, 9.17) is 4.74 Å². The smallest absolute Gasteiger partial charge is 0.464 e. The van der Waals surface area contributed by atoms with Crippen molar-refractivity contribution in [2.24, 2.45) is 0 Å². The number of halogens is 6. The van der Waals surface area contributed by atoms with Gasteiger partial charge in [0, 0.05) is 17.5 Å². The van der Waals surface area contributed by atoms with Crippen LogP contribution in [0.25, 0.3) is 0 Å². The number of thiophene rings is 1. The first-order chi connectivity index (χ1) is 14.8. The maximum atomic E-state index is 14.4. The van der Waals surface area contributed by atoms with Gasteiger partial charge in [0.05, 0.1) is 29.3 Å². The summed E-state index contributed by atoms with van der Waals surface area (Å²) in [7, 11) is 1.24. The molecule has 32 heavy (non-hydrogen) atoms. The summed E-state index contributed by atoms with van der Waals surface area (Å²) in [5.41, 5.74) is 0.684. The van der Waals surface area contributed by atoms with Crippen LogP contribution in [0.1, 0.15) is 30.1 Å². The Hall–Kier alpha value is -2.41. The molecule has 1 unspecified atom stereocenters. The van der Waals surface area contributed by atoms with Gasteiger partial charge in [0.15, 0.2) is 5.76 Å². The number of carboxylic acid groups (broad SMARTS) is 1. The summed E-state index contributed by atoms with van der Waals surface area (Å²) in [6.07, 6.45) is -5.23. The Bertz CT molecular complexity index is 1060. The quantitative estimate of drug-likeness (QED) is 0.400. The second kappa shape index (κ2) is 8.50. The number of carbonyl (C=O) groups is 2. The van der Waals surface area contributed by atoms with E-state index < -0.39 is 57.6 Å². The van der Waals surface area contributed by atoms with Crippen LogP contribution in [-0.4, -0.2) is 46.5 Å². The topological polar surface area (TPSA) is 66.8 Å². The summed E-state index contributed by atoms with van der Waals surface area (Å²) < 4.78 is 82.9. The highest BCUT2D eigenvalue weighted by atomic mass is 32.2. The van der Waals surface area contributed by atoms with Crippen LogP contribution in [-0.2, 0) is 9.53 Å². The molecule has 5 nitrogen and oxygen atoms in total. The normalized spacial score (nSPS) is 19.3. The molecule has 174 valence electrons. The van der Waals surface area contributed by atoms with Gasteiger partial charge < -0.3 is 14.7 Å². The molecule has 1 N–H and O–H groups in total. The first kappa shape index (κ1) is 24.2. The van der Waals surface area contributed by atoms with Gasteiger partial charge in [-0.3, -0.25) is 9.59 Å². The van der Waals surface area contributed by atoms with Crippen molar-refractivity contribution in [1.29, 1.82) is 0 Å². The predicted molar refractivity (Wildman–Crippen MR) is 104 cm³/mol. The van der Waals surface area contributed by atoms with Crippen molar-refractivity contribution in [3.63, 3.8) is 0 Å². The highest BCUT2D eigenvalue weighted by Crippen LogP contribution is 2.49. The maximum Gasteiger partial charge on any atom is 0.464 e. The van der Waals surface area contributed by atoms with Crippen molar-refractivity contribution >= 4 is 35.0 Å². The predicted octanol–water partition coefficient (Wildman–Crippen LogP) is 5.73. The molecule has 0 fully saturated rings. The number of fused-ring (bicyclic) bond motifs is 1. The monoisotopic (exact) mass is 499 g/mol. The van der Waals surface area contributed by atoms with E-state index >= 15 is 0 Å². The Labute approximate surface area is 186 Å². The van der Waals surface area contributed by atoms with E-state index in [-0.39, 0.29) is 29.0 Å². The number of methoxy groups -OCH3 is 1. The van der Waals surface area contributed by atoms with Crippen LogP contribution in [0.5, 0.6) is 0 Å². The number of rotatable bonds is 6. The average molecular weight is 499 g/mol. The lowest BCUT2D eigenvalue weighted by Gasteiger charge is -2.29. The molecule has 0 bridgehead atoms. The minimum Gasteiger partial charge on any atom is -0.494 e. The van der Waals surface area contributed by atoms with E-state index in [2.05, 4.69) is 0 Å². The SMILES string of the molecule is COC1=C(F)CC2C(=C1)C(CC(=O)O)=C(C)N2C(=O)c1csc(SC(F)(F)C(F)(F)F)c1. The van der Waals surface area contributed by atoms with E-state index in [1.54, 1.807) is 0 Å². The molecule has 1 aromatic rings. The molecule has 2 aliphatic rings. The number of amides is 1. The molecule has 0 aromatic carbocycles. The molecule has 3 rings (SSSR count). The van der Waals surface area contributed by atoms with E-state index in [9.17, 15) is 41.0 Å². The molecule has 1 aliphatic heterocycles. The summed E-state index contributed by atoms with van der Waals surface area (Å²) in [4.78, 5) is 25.6. The number of ether oxygens (including phenoxy) is 1. The van der Waals surface area contributed by atoms with Crippen LogP contribution in [0.4, 0.5) is 26.3 Å². The van der Waals surface area contributed by atoms with Gasteiger partial charge in [-0.15, -0.1) is 11.3 Å². The zero-order valence-corrected chi connectivity index (χ0v) is 18.1. The molecule has 0 spiro atoms. The van der Waals surface area contributed by atoms with Gasteiger partial charge in [-0.1, -0.05) is 0 Å². The van der Waals surface area contributed by atoms with E-state index in [1.807, 2.05) is 0 Å². The van der Waals surface area contributed by atoms with Gasteiger partial charge in [-0.05, 0) is 42.0 Å². The van der Waals surface area contributed by atoms with E-state index in [0.717, 1.165) is 16.3 Å². The summed E-state index contributed by atoms with van der Waals surface area (Å²) in [6.45, 7) is 1.46. The van der Waals surface area contributed by atoms with Crippen LogP contribution in [0.2, 0.25) is 0 Å². The Kier molecular flexibility index (Phi) is 6.44. The largest absolute Gasteiger partial charge is 0.494 e. The van der Waals surface area contributed by atoms with Crippen LogP contribution >= 0.6 is 23.1 Å². The average Bonchev–Trinajstić information content (AvgIpc) is 3.22. The Morgan fingerprint density at radius 3 is 2.53 bits per heavy atom. The lowest BCUT2D eigenvalue weighted by Crippen LogP contribution is -2.37. The standard InChI is InChI=1S/C19H15F6NO4S2/c1-8-10(5-15(27)28)11-4-14(30-2)12(20)6-13(11)26(8)17(29)9-3-16(31-7-9)32-19(24,25)18(21,22)23/h3-4,7,13H,5-6H2,1-2H3,(H,27,28). The number of carbonyl (C=O) groups excluding carboxylic acids is 1. The summed E-state index contributed by atoms with van der Waals surface area (Å²) >= 11 is -0.192. The molecule has 0 radical (unpaired) electrons. The van der Waals surface area contributed by atoms with Gasteiger partial charge >= 0.3 is 17.4 Å². The molecule has 1 aromatic heterocycles. The number of alkyl halides is 5. The number of thioether (sulfide) groups is 1. The second-order valence-corrected chi connectivity index (χ2v) is 9.20. The first-order valence-corrected chi connectivity index (χ1v) is 10.6. The lowest BCUT2D eigenvalue weighted by molar-refractivity contribution is -0.237. The molecule has 13 heteroatoms. The number of allylic oxidation sites excluding steroid dienone is 2. The van der Waals surface area contributed by atoms with Gasteiger partial charge in [-0.2, -0.15) is 22.0 Å². The van der Waals surface area contributed by atoms with Crippen molar-refractivity contribution in [3.05, 3.63) is 51.5 Å². The lowest BCUT2D eigenvalue weighted by atomic mass is 9.92. The number of nitrogens with zero attached hydrogens (tertiary/aromatic N) is 1. The van der Waals surface area contributed by atoms with Crippen molar-refractivity contribution < 1.29 is 45.8 Å². The summed E-state index contributed by atoms with van der Waals surface area (Å²) in [5, 5.41) is 5.31. The van der Waals surface area contributed by atoms with Crippen molar-refractivity contribution in [3.8, 4) is 0 Å². The highest BCUT2D eigenvalue weighted by molar-refractivity contribution is 8.02. The maximum absolute atomic E-state index is 14.4. The molecule has 1 amide bonds. The van der Waals surface area contributed by atoms with Crippen LogP contribution in [0.15, 0.2) is 50.2 Å². The fourth-order valence-electron chi connectivity index (χ4n) is 3.45. The third-order valence-corrected chi connectivity index (χ3v) is 6.96. The minimum atomic E-state index is -5.77. The number of aliphatic carboxylic acids is 1. The Morgan fingerprint density at radius 2 is 1.97 bits per heavy atom. The first-order valence-electron chi connectivity index (χ1n) is 8.88. The highest BCUT2D eigenvalue weighted by Gasteiger charge is 2.58. The zero-order chi connectivity index (χ0) is 24.0. The third kappa shape index (κ3) is 4.40. The van der Waals surface area contributed by atoms with Crippen LogP contribution in [0.3, 0.4) is 0 Å². The number of hydrogen-bond acceptors (Lipinski definition) is 5. The zero-order valence-electron chi connectivity index (χ0n) is 16.4. The number of hydrogen-bond donors (Lipinski definition) is 1. The van der Waals surface area contributed by atoms with Crippen LogP contribution in [0, 0.1) is 0 Å². The van der Waals surface area contributed by atoms with E-state index in [0.29, 0.717) is 16.9 Å². The molecular weight excluding hydrogens is 484 g/mol. The fraction of sp³-hybridized carbons (Fsp3) is 0.368. The molecule has 1 atom stereocenters. The van der Waals surface area contributed by atoms with Crippen molar-refractivity contribution in [2.75, 3.05) is 7.11 Å². The fourth-order valence-corrected chi connectivity index (χ4v) is 5.26. The van der Waals surface area contributed by atoms with Gasteiger partial charge in [0.25, 0.3) is 5.91 Å². The molecular formula is C19H15F6NO4S2. The Balaban J connectivity index is 1.94. The summed E-state index contributed by atoms with van der Waals surface area (Å²) in [5.74, 6) is -2.74. The van der Waals surface area contributed by atoms with Crippen molar-refractivity contribution in [2.45, 2.75) is 41.4 Å². The van der Waals surface area contributed by atoms with Gasteiger partial charge in [-0.25, -0.2) is 4.39 Å². The number of carboxylic acids is 1. The molecule has 0 saturated carbocycles. The summed E-state index contributed by atoms with van der Waals surface area (Å²) in [6, 6.07) is 0.00191. The second-order valence-electron chi connectivity index (χ2n) is 6.87. The molecule has 1 aliphatic carbocycles. The van der Waals surface area contributed by atoms with Gasteiger partial charge in [0.1, 0.15) is 5.83 Å². The van der Waals surface area contributed by atoms with Crippen LogP contribution < -0.4 is 0 Å². The van der Waals surface area contributed by atoms with Crippen molar-refractivity contribution in [1.82, 2.24) is 4.90 Å². The molecule has 0 saturated heterocycles. The Morgan fingerprint density at radius 1 is 1.31 bits per heavy atom. The third-order valence-electron chi connectivity index (χ3n) is 4.89. The minimum absolute atomic E-state index is 0.107. The molecule has 2 heterocycles. The van der Waals surface area contributed by atoms with E-state index in [1.165, 1.54) is 20.1 Å². The van der Waals surface area contributed by atoms with Gasteiger partial charge in [0.2, 0.25) is 0 Å².